The van der Waals surface area contributed by atoms with E-state index in [9.17, 15) is 0 Å². The number of allylic oxidation sites excluding steroid dienone is 3. The first-order valence-corrected chi connectivity index (χ1v) is 3.89. The molecule has 10 heavy (non-hydrogen) atoms. The van der Waals surface area contributed by atoms with Crippen molar-refractivity contribution in [3.8, 4) is 0 Å². The van der Waals surface area contributed by atoms with Gasteiger partial charge in [-0.3, -0.25) is 4.99 Å². The van der Waals surface area contributed by atoms with Crippen molar-refractivity contribution < 1.29 is 0 Å². The van der Waals surface area contributed by atoms with Gasteiger partial charge in [-0.25, -0.2) is 0 Å². The van der Waals surface area contributed by atoms with Gasteiger partial charge in [0.1, 0.15) is 0 Å². The Balaban J connectivity index is 0. The Labute approximate surface area is 66.1 Å². The highest BCUT2D eigenvalue weighted by Crippen LogP contribution is 1.99. The normalized spacial score (nSPS) is 10.6. The van der Waals surface area contributed by atoms with Crippen molar-refractivity contribution in [3.63, 3.8) is 0 Å². The molecule has 0 bridgehead atoms. The van der Waals surface area contributed by atoms with E-state index in [4.69, 9.17) is 0 Å². The third kappa shape index (κ3) is 10.5. The maximum atomic E-state index is 3.79. The van der Waals surface area contributed by atoms with E-state index in [1.807, 2.05) is 19.9 Å². The van der Waals surface area contributed by atoms with Gasteiger partial charge >= 0.3 is 0 Å². The van der Waals surface area contributed by atoms with Crippen LogP contribution in [0.25, 0.3) is 0 Å². The molecule has 0 saturated heterocycles. The minimum absolute atomic E-state index is 1.04. The number of hydrogen-bond donors (Lipinski definition) is 0. The van der Waals surface area contributed by atoms with Crippen molar-refractivity contribution >= 4 is 15.5 Å². The maximum absolute atomic E-state index is 3.79. The molecule has 1 nitrogen and oxygen atoms in total. The molecular formula is C8H16NP. The summed E-state index contributed by atoms with van der Waals surface area (Å²) in [5.41, 5.74) is 0. The van der Waals surface area contributed by atoms with Crippen molar-refractivity contribution in [1.82, 2.24) is 0 Å². The second-order valence-corrected chi connectivity index (χ2v) is 1.96. The Kier molecular flexibility index (Phi) is 14.0. The van der Waals surface area contributed by atoms with Crippen molar-refractivity contribution in [2.24, 2.45) is 4.99 Å². The quantitative estimate of drug-likeness (QED) is 0.332. The van der Waals surface area contributed by atoms with Crippen LogP contribution in [0.1, 0.15) is 13.8 Å². The lowest BCUT2D eigenvalue weighted by Crippen LogP contribution is -1.68. The predicted molar refractivity (Wildman–Crippen MR) is 53.8 cm³/mol. The summed E-state index contributed by atoms with van der Waals surface area (Å²) in [7, 11) is 4.28. The molecule has 0 radical (unpaired) electrons. The van der Waals surface area contributed by atoms with Gasteiger partial charge in [0.15, 0.2) is 0 Å². The molecule has 0 heterocycles. The van der Waals surface area contributed by atoms with E-state index in [-0.39, 0.29) is 0 Å². The molecule has 0 saturated carbocycles. The van der Waals surface area contributed by atoms with Gasteiger partial charge in [-0.2, -0.15) is 0 Å². The summed E-state index contributed by atoms with van der Waals surface area (Å²) in [6.07, 6.45) is 5.36. The first kappa shape index (κ1) is 12.3. The van der Waals surface area contributed by atoms with E-state index >= 15 is 0 Å². The van der Waals surface area contributed by atoms with Crippen LogP contribution in [0.3, 0.4) is 0 Å². The molecule has 0 aliphatic heterocycles. The van der Waals surface area contributed by atoms with E-state index < -0.39 is 0 Å². The highest BCUT2D eigenvalue weighted by atomic mass is 31.0. The second kappa shape index (κ2) is 11.4. The van der Waals surface area contributed by atoms with Gasteiger partial charge in [-0.05, 0) is 5.31 Å². The van der Waals surface area contributed by atoms with Crippen molar-refractivity contribution in [1.29, 1.82) is 0 Å². The van der Waals surface area contributed by atoms with E-state index in [2.05, 4.69) is 20.8 Å². The Morgan fingerprint density at radius 3 is 2.30 bits per heavy atom. The van der Waals surface area contributed by atoms with Gasteiger partial charge in [-0.1, -0.05) is 32.6 Å². The van der Waals surface area contributed by atoms with Crippen LogP contribution >= 0.6 is 9.24 Å². The minimum atomic E-state index is 1.04. The lowest BCUT2D eigenvalue weighted by atomic mass is 10.5. The Morgan fingerprint density at radius 2 is 2.00 bits per heavy atom. The summed E-state index contributed by atoms with van der Waals surface area (Å²) in [6, 6.07) is 0. The predicted octanol–water partition coefficient (Wildman–Crippen LogP) is 2.66. The van der Waals surface area contributed by atoms with E-state index in [0.717, 1.165) is 5.31 Å². The molecule has 0 aromatic heterocycles. The zero-order valence-electron chi connectivity index (χ0n) is 6.96. The van der Waals surface area contributed by atoms with Crippen LogP contribution < -0.4 is 0 Å². The standard InChI is InChI=1S/C6H10NP.C2H6/c1-3-4-6(8)5-7-2;1-2/h3-5H,1,8H2,2H3;1-2H3/b6-4+,7-5?;. The molecule has 1 unspecified atom stereocenters. The lowest BCUT2D eigenvalue weighted by Gasteiger charge is -1.81. The summed E-state index contributed by atoms with van der Waals surface area (Å²) in [6.45, 7) is 7.53. The van der Waals surface area contributed by atoms with Crippen LogP contribution in [-0.2, 0) is 0 Å². The highest BCUT2D eigenvalue weighted by Gasteiger charge is 1.73. The molecule has 0 amide bonds. The van der Waals surface area contributed by atoms with Gasteiger partial charge < -0.3 is 0 Å². The van der Waals surface area contributed by atoms with Gasteiger partial charge in [0, 0.05) is 13.3 Å². The van der Waals surface area contributed by atoms with Crippen LogP contribution in [0.15, 0.2) is 29.0 Å². The molecule has 58 valence electrons. The largest absolute Gasteiger partial charge is 0.296 e. The average Bonchev–Trinajstić information content (AvgIpc) is 1.93. The summed E-state index contributed by atoms with van der Waals surface area (Å²) in [4.78, 5) is 3.79. The number of hydrogen-bond acceptors (Lipinski definition) is 1. The SMILES string of the molecule is C=C/C=C(/P)C=NC.CC. The third-order valence-electron chi connectivity index (χ3n) is 0.588. The first-order chi connectivity index (χ1) is 4.81. The van der Waals surface area contributed by atoms with Gasteiger partial charge in [-0.15, -0.1) is 9.24 Å². The minimum Gasteiger partial charge on any atom is -0.296 e. The van der Waals surface area contributed by atoms with Crippen LogP contribution in [0.5, 0.6) is 0 Å². The number of rotatable bonds is 2. The summed E-state index contributed by atoms with van der Waals surface area (Å²) in [5.74, 6) is 0. The molecule has 0 N–H and O–H groups in total. The summed E-state index contributed by atoms with van der Waals surface area (Å²) < 4.78 is 0. The molecule has 0 fully saturated rings. The van der Waals surface area contributed by atoms with E-state index in [1.54, 1.807) is 19.3 Å². The van der Waals surface area contributed by atoms with Gasteiger partial charge in [0.05, 0.1) is 0 Å². The van der Waals surface area contributed by atoms with E-state index in [0.29, 0.717) is 0 Å². The average molecular weight is 157 g/mol. The molecule has 2 heteroatoms. The summed E-state index contributed by atoms with van der Waals surface area (Å²) in [5, 5.41) is 1.04. The van der Waals surface area contributed by atoms with Crippen LogP contribution in [0, 0.1) is 0 Å². The fourth-order valence-electron chi connectivity index (χ4n) is 0.328. The van der Waals surface area contributed by atoms with Crippen molar-refractivity contribution in [3.05, 3.63) is 24.0 Å². The molecule has 0 rings (SSSR count). The van der Waals surface area contributed by atoms with Gasteiger partial charge in [0.2, 0.25) is 0 Å². The van der Waals surface area contributed by atoms with Crippen molar-refractivity contribution in [2.75, 3.05) is 7.05 Å². The Morgan fingerprint density at radius 1 is 1.50 bits per heavy atom. The topological polar surface area (TPSA) is 12.4 Å². The molecule has 0 aromatic carbocycles. The maximum Gasteiger partial charge on any atom is 0.0280 e. The monoisotopic (exact) mass is 157 g/mol. The molecule has 0 spiro atoms. The number of aliphatic imine (C=N–C) groups is 1. The fourth-order valence-corrected chi connectivity index (χ4v) is 0.613. The third-order valence-corrected chi connectivity index (χ3v) is 0.930. The first-order valence-electron chi connectivity index (χ1n) is 3.31. The summed E-state index contributed by atoms with van der Waals surface area (Å²) >= 11 is 0. The number of nitrogens with zero attached hydrogens (tertiary/aromatic N) is 1. The fraction of sp³-hybridized carbons (Fsp3) is 0.375. The van der Waals surface area contributed by atoms with E-state index in [1.165, 1.54) is 0 Å². The molecule has 0 aliphatic carbocycles. The molecule has 0 aromatic rings. The van der Waals surface area contributed by atoms with Crippen LogP contribution in [0.4, 0.5) is 0 Å². The van der Waals surface area contributed by atoms with Crippen LogP contribution in [-0.4, -0.2) is 13.3 Å². The lowest BCUT2D eigenvalue weighted by molar-refractivity contribution is 1.47. The van der Waals surface area contributed by atoms with Crippen molar-refractivity contribution in [2.45, 2.75) is 13.8 Å². The zero-order chi connectivity index (χ0) is 8.41. The molecular weight excluding hydrogens is 141 g/mol. The Hall–Kier alpha value is -0.420. The Bertz CT molecular complexity index is 125. The second-order valence-electron chi connectivity index (χ2n) is 1.29. The molecule has 1 atom stereocenters. The zero-order valence-corrected chi connectivity index (χ0v) is 8.12. The molecule has 0 aliphatic rings. The van der Waals surface area contributed by atoms with Gasteiger partial charge in [0.25, 0.3) is 0 Å². The smallest absolute Gasteiger partial charge is 0.0280 e. The highest BCUT2D eigenvalue weighted by molar-refractivity contribution is 7.24. The van der Waals surface area contributed by atoms with Crippen LogP contribution in [0.2, 0.25) is 0 Å².